The molecule has 33 heavy (non-hydrogen) atoms. The SMILES string of the molecule is C/C=C/CCC1CCC(C2CCC3CC(C4CCc5c(ccc(F)c5F)C4)CCC3C2)CC1. The Labute approximate surface area is 200 Å². The van der Waals surface area contributed by atoms with E-state index in [0.717, 1.165) is 60.3 Å². The summed E-state index contributed by atoms with van der Waals surface area (Å²) in [6.07, 6.45) is 24.5. The molecule has 3 fully saturated rings. The number of halogens is 2. The molecule has 0 amide bonds. The second-order valence-corrected chi connectivity index (χ2v) is 12.1. The highest BCUT2D eigenvalue weighted by atomic mass is 19.2. The molecule has 5 atom stereocenters. The van der Waals surface area contributed by atoms with Gasteiger partial charge in [-0.15, -0.1) is 0 Å². The summed E-state index contributed by atoms with van der Waals surface area (Å²) in [6.45, 7) is 2.14. The van der Waals surface area contributed by atoms with E-state index < -0.39 is 11.6 Å². The van der Waals surface area contributed by atoms with Gasteiger partial charge in [-0.3, -0.25) is 0 Å². The summed E-state index contributed by atoms with van der Waals surface area (Å²) in [5.41, 5.74) is 1.74. The molecule has 4 aliphatic rings. The van der Waals surface area contributed by atoms with E-state index in [2.05, 4.69) is 19.1 Å². The van der Waals surface area contributed by atoms with Gasteiger partial charge in [-0.2, -0.15) is 0 Å². The van der Waals surface area contributed by atoms with Gasteiger partial charge in [0.15, 0.2) is 11.6 Å². The summed E-state index contributed by atoms with van der Waals surface area (Å²) in [6, 6.07) is 3.19. The highest BCUT2D eigenvalue weighted by molar-refractivity contribution is 5.32. The fourth-order valence-corrected chi connectivity index (χ4v) is 8.48. The summed E-state index contributed by atoms with van der Waals surface area (Å²) < 4.78 is 27.8. The Kier molecular flexibility index (Phi) is 7.57. The van der Waals surface area contributed by atoms with Crippen LogP contribution in [0.15, 0.2) is 24.3 Å². The van der Waals surface area contributed by atoms with Crippen LogP contribution in [0.2, 0.25) is 0 Å². The van der Waals surface area contributed by atoms with E-state index in [1.54, 1.807) is 0 Å². The Hall–Kier alpha value is -1.18. The summed E-state index contributed by atoms with van der Waals surface area (Å²) in [7, 11) is 0. The number of allylic oxidation sites excluding steroid dienone is 2. The standard InChI is InChI=1S/C31H44F2/c1-2-3-4-5-21-6-8-22(9-7-21)23-10-11-25-19-26(13-12-24(25)18-23)27-14-16-29-28(20-27)15-17-30(32)31(29)33/h2-3,15,17,21-27H,4-14,16,18-20H2,1H3/b3-2+. The van der Waals surface area contributed by atoms with E-state index in [0.29, 0.717) is 11.5 Å². The van der Waals surface area contributed by atoms with Gasteiger partial charge in [0.1, 0.15) is 0 Å². The lowest BCUT2D eigenvalue weighted by Gasteiger charge is -2.47. The van der Waals surface area contributed by atoms with Crippen LogP contribution in [0.4, 0.5) is 8.78 Å². The van der Waals surface area contributed by atoms with Crippen LogP contribution >= 0.6 is 0 Å². The predicted octanol–water partition coefficient (Wildman–Crippen LogP) is 9.07. The van der Waals surface area contributed by atoms with Crippen molar-refractivity contribution < 1.29 is 8.78 Å². The zero-order valence-electron chi connectivity index (χ0n) is 20.7. The van der Waals surface area contributed by atoms with Gasteiger partial charge in [-0.25, -0.2) is 8.78 Å². The molecule has 1 aromatic carbocycles. The second kappa shape index (κ2) is 10.6. The molecule has 0 spiro atoms. The van der Waals surface area contributed by atoms with Crippen molar-refractivity contribution in [2.75, 3.05) is 0 Å². The van der Waals surface area contributed by atoms with Crippen LogP contribution in [0.1, 0.15) is 102 Å². The van der Waals surface area contributed by atoms with Crippen LogP contribution in [-0.4, -0.2) is 0 Å². The monoisotopic (exact) mass is 454 g/mol. The van der Waals surface area contributed by atoms with Gasteiger partial charge in [0.05, 0.1) is 0 Å². The smallest absolute Gasteiger partial charge is 0.162 e. The quantitative estimate of drug-likeness (QED) is 0.389. The third-order valence-electron chi connectivity index (χ3n) is 10.4. The molecular weight excluding hydrogens is 410 g/mol. The third-order valence-corrected chi connectivity index (χ3v) is 10.4. The molecule has 5 rings (SSSR count). The zero-order chi connectivity index (χ0) is 22.8. The van der Waals surface area contributed by atoms with E-state index in [1.165, 1.54) is 83.1 Å². The number of hydrogen-bond acceptors (Lipinski definition) is 0. The van der Waals surface area contributed by atoms with Gasteiger partial charge in [-0.1, -0.05) is 31.1 Å². The van der Waals surface area contributed by atoms with Gasteiger partial charge in [0.2, 0.25) is 0 Å². The lowest BCUT2D eigenvalue weighted by atomic mass is 9.58. The fourth-order valence-electron chi connectivity index (χ4n) is 8.48. The Morgan fingerprint density at radius 3 is 2.03 bits per heavy atom. The maximum atomic E-state index is 14.2. The van der Waals surface area contributed by atoms with Crippen molar-refractivity contribution in [1.82, 2.24) is 0 Å². The molecule has 0 saturated heterocycles. The van der Waals surface area contributed by atoms with Crippen molar-refractivity contribution in [1.29, 1.82) is 0 Å². The molecule has 0 N–H and O–H groups in total. The highest BCUT2D eigenvalue weighted by Crippen LogP contribution is 2.51. The Morgan fingerprint density at radius 2 is 1.36 bits per heavy atom. The largest absolute Gasteiger partial charge is 0.204 e. The molecule has 0 aromatic heterocycles. The Morgan fingerprint density at radius 1 is 0.758 bits per heavy atom. The summed E-state index contributed by atoms with van der Waals surface area (Å²) in [4.78, 5) is 0. The molecule has 4 aliphatic carbocycles. The van der Waals surface area contributed by atoms with Gasteiger partial charge < -0.3 is 0 Å². The lowest BCUT2D eigenvalue weighted by Crippen LogP contribution is -2.37. The molecular formula is C31H44F2. The van der Waals surface area contributed by atoms with E-state index in [-0.39, 0.29) is 0 Å². The average Bonchev–Trinajstić information content (AvgIpc) is 2.86. The van der Waals surface area contributed by atoms with Crippen molar-refractivity contribution in [3.8, 4) is 0 Å². The molecule has 0 bridgehead atoms. The molecule has 5 unspecified atom stereocenters. The van der Waals surface area contributed by atoms with Gasteiger partial charge in [0.25, 0.3) is 0 Å². The van der Waals surface area contributed by atoms with Crippen molar-refractivity contribution in [2.45, 2.75) is 103 Å². The minimum Gasteiger partial charge on any atom is -0.204 e. The average molecular weight is 455 g/mol. The van der Waals surface area contributed by atoms with Crippen LogP contribution in [0.3, 0.4) is 0 Å². The van der Waals surface area contributed by atoms with Crippen molar-refractivity contribution in [3.63, 3.8) is 0 Å². The summed E-state index contributed by atoms with van der Waals surface area (Å²) >= 11 is 0. The fraction of sp³-hybridized carbons (Fsp3) is 0.742. The molecule has 0 nitrogen and oxygen atoms in total. The molecule has 1 aromatic rings. The molecule has 182 valence electrons. The Bertz CT molecular complexity index is 818. The maximum Gasteiger partial charge on any atom is 0.162 e. The van der Waals surface area contributed by atoms with E-state index in [9.17, 15) is 8.78 Å². The van der Waals surface area contributed by atoms with Crippen LogP contribution in [0.25, 0.3) is 0 Å². The number of benzene rings is 1. The Balaban J connectivity index is 1.10. The number of hydrogen-bond donors (Lipinski definition) is 0. The third kappa shape index (κ3) is 5.25. The van der Waals surface area contributed by atoms with Gasteiger partial charge >= 0.3 is 0 Å². The van der Waals surface area contributed by atoms with Crippen molar-refractivity contribution in [3.05, 3.63) is 47.0 Å². The van der Waals surface area contributed by atoms with Gasteiger partial charge in [-0.05, 0) is 149 Å². The molecule has 0 radical (unpaired) electrons. The lowest BCUT2D eigenvalue weighted by molar-refractivity contribution is 0.0439. The number of fused-ring (bicyclic) bond motifs is 2. The van der Waals surface area contributed by atoms with E-state index >= 15 is 0 Å². The molecule has 0 heterocycles. The maximum absolute atomic E-state index is 14.2. The van der Waals surface area contributed by atoms with E-state index in [1.807, 2.05) is 6.07 Å². The summed E-state index contributed by atoms with van der Waals surface area (Å²) in [5, 5.41) is 0. The predicted molar refractivity (Wildman–Crippen MR) is 133 cm³/mol. The minimum atomic E-state index is -0.674. The topological polar surface area (TPSA) is 0 Å². The van der Waals surface area contributed by atoms with Gasteiger partial charge in [0, 0.05) is 0 Å². The van der Waals surface area contributed by atoms with Crippen LogP contribution in [0, 0.1) is 53.1 Å². The minimum absolute atomic E-state index is 0.584. The molecule has 0 aliphatic heterocycles. The van der Waals surface area contributed by atoms with Crippen LogP contribution in [0.5, 0.6) is 0 Å². The molecule has 3 saturated carbocycles. The highest BCUT2D eigenvalue weighted by Gasteiger charge is 2.41. The first-order valence-corrected chi connectivity index (χ1v) is 14.2. The second-order valence-electron chi connectivity index (χ2n) is 12.1. The normalized spacial score (nSPS) is 37.0. The summed E-state index contributed by atoms with van der Waals surface area (Å²) in [5.74, 6) is 5.11. The first kappa shape index (κ1) is 23.6. The van der Waals surface area contributed by atoms with E-state index in [4.69, 9.17) is 0 Å². The molecule has 2 heteroatoms. The van der Waals surface area contributed by atoms with Crippen LogP contribution in [-0.2, 0) is 12.8 Å². The zero-order valence-corrected chi connectivity index (χ0v) is 20.7. The first-order valence-electron chi connectivity index (χ1n) is 14.2. The first-order chi connectivity index (χ1) is 16.1. The number of rotatable bonds is 5. The van der Waals surface area contributed by atoms with Crippen molar-refractivity contribution in [2.24, 2.45) is 41.4 Å². The van der Waals surface area contributed by atoms with Crippen LogP contribution < -0.4 is 0 Å². The van der Waals surface area contributed by atoms with Crippen molar-refractivity contribution >= 4 is 0 Å².